The summed E-state index contributed by atoms with van der Waals surface area (Å²) in [5, 5.41) is 0.673. The number of anilines is 1. The number of amides is 1. The van der Waals surface area contributed by atoms with Crippen molar-refractivity contribution in [2.45, 2.75) is 27.7 Å². The number of hydrogen-bond acceptors (Lipinski definition) is 6. The van der Waals surface area contributed by atoms with Crippen molar-refractivity contribution in [2.75, 3.05) is 44.8 Å². The number of likely N-dealkylation sites (N-methyl/N-ethyl adjacent to an activating group) is 1. The number of methoxy groups -OCH3 is 1. The maximum Gasteiger partial charge on any atom is 0.266 e. The summed E-state index contributed by atoms with van der Waals surface area (Å²) in [6.45, 7) is 11.5. The Hall–Kier alpha value is -2.64. The van der Waals surface area contributed by atoms with Gasteiger partial charge in [0.2, 0.25) is 0 Å². The molecule has 6 nitrogen and oxygen atoms in total. The molecule has 0 saturated heterocycles. The largest absolute Gasteiger partial charge is 0.494 e. The number of benzene rings is 2. The molecule has 0 aliphatic carbocycles. The summed E-state index contributed by atoms with van der Waals surface area (Å²) in [5.41, 5.74) is 3.06. The van der Waals surface area contributed by atoms with E-state index in [4.69, 9.17) is 14.5 Å². The number of carbonyl (C=O) groups excluding carboxylic acids is 1. The van der Waals surface area contributed by atoms with E-state index in [9.17, 15) is 4.79 Å². The molecule has 1 aromatic heterocycles. The van der Waals surface area contributed by atoms with Gasteiger partial charge in [-0.3, -0.25) is 9.69 Å². The number of aromatic nitrogens is 1. The number of rotatable bonds is 10. The van der Waals surface area contributed by atoms with Crippen LogP contribution in [0.3, 0.4) is 0 Å². The third-order valence-corrected chi connectivity index (χ3v) is 6.58. The number of hydrogen-bond donors (Lipinski definition) is 0. The average molecular weight is 442 g/mol. The Balaban J connectivity index is 1.86. The topological polar surface area (TPSA) is 54.9 Å². The summed E-state index contributed by atoms with van der Waals surface area (Å²) in [4.78, 5) is 22.0. The van der Waals surface area contributed by atoms with Crippen LogP contribution in [-0.2, 0) is 4.79 Å². The van der Waals surface area contributed by atoms with Gasteiger partial charge in [0, 0.05) is 13.1 Å². The van der Waals surface area contributed by atoms with Crippen LogP contribution >= 0.6 is 11.3 Å². The number of thiazole rings is 1. The Morgan fingerprint density at radius 3 is 2.39 bits per heavy atom. The third kappa shape index (κ3) is 5.54. The summed E-state index contributed by atoms with van der Waals surface area (Å²) < 4.78 is 12.3. The van der Waals surface area contributed by atoms with Gasteiger partial charge in [-0.05, 0) is 50.7 Å². The van der Waals surface area contributed by atoms with E-state index in [0.29, 0.717) is 17.4 Å². The van der Waals surface area contributed by atoms with Gasteiger partial charge in [-0.2, -0.15) is 0 Å². The van der Waals surface area contributed by atoms with Crippen LogP contribution in [0.2, 0.25) is 0 Å². The average Bonchev–Trinajstić information content (AvgIpc) is 3.22. The SMILES string of the molecule is CCN(CC)CCN(C(=O)COc1ccc(C)cc1)c1nc2c(OC)ccc(C)c2s1. The van der Waals surface area contributed by atoms with Crippen molar-refractivity contribution in [1.29, 1.82) is 0 Å². The van der Waals surface area contributed by atoms with Gasteiger partial charge in [0.15, 0.2) is 11.7 Å². The molecular formula is C24H31N3O3S. The lowest BCUT2D eigenvalue weighted by molar-refractivity contribution is -0.120. The summed E-state index contributed by atoms with van der Waals surface area (Å²) in [6.07, 6.45) is 0. The number of fused-ring (bicyclic) bond motifs is 1. The van der Waals surface area contributed by atoms with Gasteiger partial charge in [-0.25, -0.2) is 4.98 Å². The predicted molar refractivity (Wildman–Crippen MR) is 128 cm³/mol. The maximum absolute atomic E-state index is 13.2. The zero-order chi connectivity index (χ0) is 22.4. The molecule has 166 valence electrons. The Morgan fingerprint density at radius 1 is 1.03 bits per heavy atom. The first-order valence-electron chi connectivity index (χ1n) is 10.6. The highest BCUT2D eigenvalue weighted by Gasteiger charge is 2.22. The second-order valence-corrected chi connectivity index (χ2v) is 8.41. The van der Waals surface area contributed by atoms with Crippen LogP contribution in [0.1, 0.15) is 25.0 Å². The highest BCUT2D eigenvalue weighted by atomic mass is 32.1. The number of nitrogens with zero attached hydrogens (tertiary/aromatic N) is 3. The molecule has 0 bridgehead atoms. The van der Waals surface area contributed by atoms with E-state index in [2.05, 4.69) is 18.7 Å². The van der Waals surface area contributed by atoms with Crippen molar-refractivity contribution < 1.29 is 14.3 Å². The molecule has 0 aliphatic heterocycles. The zero-order valence-corrected chi connectivity index (χ0v) is 19.8. The van der Waals surface area contributed by atoms with E-state index in [-0.39, 0.29) is 12.5 Å². The molecular weight excluding hydrogens is 410 g/mol. The van der Waals surface area contributed by atoms with Crippen LogP contribution in [0.5, 0.6) is 11.5 Å². The monoisotopic (exact) mass is 441 g/mol. The van der Waals surface area contributed by atoms with Crippen LogP contribution in [0.4, 0.5) is 5.13 Å². The van der Waals surface area contributed by atoms with E-state index in [1.54, 1.807) is 12.0 Å². The van der Waals surface area contributed by atoms with Crippen molar-refractivity contribution in [1.82, 2.24) is 9.88 Å². The third-order valence-electron chi connectivity index (χ3n) is 5.36. The van der Waals surface area contributed by atoms with Gasteiger partial charge in [-0.1, -0.05) is 48.9 Å². The lowest BCUT2D eigenvalue weighted by atomic mass is 10.2. The normalized spacial score (nSPS) is 11.2. The summed E-state index contributed by atoms with van der Waals surface area (Å²) >= 11 is 1.52. The summed E-state index contributed by atoms with van der Waals surface area (Å²) in [7, 11) is 1.64. The minimum absolute atomic E-state index is 0.0344. The van der Waals surface area contributed by atoms with Crippen LogP contribution in [-0.4, -0.2) is 55.7 Å². The van der Waals surface area contributed by atoms with Gasteiger partial charge in [0.25, 0.3) is 5.91 Å². The maximum atomic E-state index is 13.2. The van der Waals surface area contributed by atoms with Crippen LogP contribution in [0.15, 0.2) is 36.4 Å². The fraction of sp³-hybridized carbons (Fsp3) is 0.417. The second-order valence-electron chi connectivity index (χ2n) is 7.43. The van der Waals surface area contributed by atoms with Crippen molar-refractivity contribution in [3.05, 3.63) is 47.5 Å². The van der Waals surface area contributed by atoms with E-state index in [1.165, 1.54) is 11.3 Å². The first kappa shape index (κ1) is 23.0. The Kier molecular flexibility index (Phi) is 7.87. The van der Waals surface area contributed by atoms with Crippen LogP contribution < -0.4 is 14.4 Å². The molecule has 3 rings (SSSR count). The van der Waals surface area contributed by atoms with Crippen LogP contribution in [0, 0.1) is 13.8 Å². The number of carbonyl (C=O) groups is 1. The molecule has 1 amide bonds. The minimum atomic E-state index is -0.108. The van der Waals surface area contributed by atoms with Gasteiger partial charge in [0.05, 0.1) is 11.8 Å². The molecule has 0 aliphatic rings. The molecule has 0 unspecified atom stereocenters. The fourth-order valence-corrected chi connectivity index (χ4v) is 4.44. The standard InChI is InChI=1S/C24H31N3O3S/c1-6-26(7-2)14-15-27(21(28)16-30-19-11-8-17(3)9-12-19)24-25-22-20(29-5)13-10-18(4)23(22)31-24/h8-13H,6-7,14-16H2,1-5H3. The molecule has 2 aromatic carbocycles. The van der Waals surface area contributed by atoms with Crippen molar-refractivity contribution in [2.24, 2.45) is 0 Å². The van der Waals surface area contributed by atoms with Crippen molar-refractivity contribution in [3.63, 3.8) is 0 Å². The molecule has 0 spiro atoms. The van der Waals surface area contributed by atoms with Crippen molar-refractivity contribution >= 4 is 32.6 Å². The second kappa shape index (κ2) is 10.6. The lowest BCUT2D eigenvalue weighted by Gasteiger charge is -2.24. The summed E-state index contributed by atoms with van der Waals surface area (Å²) in [5.74, 6) is 1.29. The molecule has 0 radical (unpaired) electrons. The van der Waals surface area contributed by atoms with E-state index >= 15 is 0 Å². The number of ether oxygens (including phenoxy) is 2. The van der Waals surface area contributed by atoms with Gasteiger partial charge >= 0.3 is 0 Å². The highest BCUT2D eigenvalue weighted by Crippen LogP contribution is 2.36. The lowest BCUT2D eigenvalue weighted by Crippen LogP contribution is -2.41. The van der Waals surface area contributed by atoms with Gasteiger partial charge in [0.1, 0.15) is 17.0 Å². The molecule has 0 fully saturated rings. The summed E-state index contributed by atoms with van der Waals surface area (Å²) in [6, 6.07) is 11.7. The molecule has 1 heterocycles. The fourth-order valence-electron chi connectivity index (χ4n) is 3.34. The molecule has 31 heavy (non-hydrogen) atoms. The van der Waals surface area contributed by atoms with E-state index < -0.39 is 0 Å². The predicted octanol–water partition coefficient (Wildman–Crippen LogP) is 4.68. The van der Waals surface area contributed by atoms with Gasteiger partial charge in [-0.15, -0.1) is 0 Å². The molecule has 7 heteroatoms. The first-order valence-corrected chi connectivity index (χ1v) is 11.4. The molecule has 0 N–H and O–H groups in total. The van der Waals surface area contributed by atoms with Gasteiger partial charge < -0.3 is 14.4 Å². The smallest absolute Gasteiger partial charge is 0.266 e. The molecule has 0 atom stereocenters. The van der Waals surface area contributed by atoms with Crippen molar-refractivity contribution in [3.8, 4) is 11.5 Å². The highest BCUT2D eigenvalue weighted by molar-refractivity contribution is 7.22. The Labute approximate surface area is 188 Å². The quantitative estimate of drug-likeness (QED) is 0.457. The molecule has 3 aromatic rings. The van der Waals surface area contributed by atoms with Crippen LogP contribution in [0.25, 0.3) is 10.2 Å². The molecule has 0 saturated carbocycles. The Morgan fingerprint density at radius 2 is 1.74 bits per heavy atom. The number of aryl methyl sites for hydroxylation is 2. The first-order chi connectivity index (χ1) is 15.0. The van der Waals surface area contributed by atoms with E-state index in [0.717, 1.165) is 46.7 Å². The Bertz CT molecular complexity index is 1010. The van der Waals surface area contributed by atoms with E-state index in [1.807, 2.05) is 50.2 Å². The zero-order valence-electron chi connectivity index (χ0n) is 19.0. The minimum Gasteiger partial charge on any atom is -0.494 e.